The Morgan fingerprint density at radius 2 is 1.68 bits per heavy atom. The Balaban J connectivity index is 1.16. The normalized spacial score (nSPS) is 15.6. The molecule has 0 bridgehead atoms. The summed E-state index contributed by atoms with van der Waals surface area (Å²) in [6.07, 6.45) is 3.93. The van der Waals surface area contributed by atoms with Gasteiger partial charge in [0, 0.05) is 30.5 Å². The molecule has 2 heterocycles. The lowest BCUT2D eigenvalue weighted by Gasteiger charge is -2.33. The van der Waals surface area contributed by atoms with E-state index in [1.165, 1.54) is 5.56 Å². The molecule has 0 spiro atoms. The van der Waals surface area contributed by atoms with E-state index in [9.17, 15) is 4.79 Å². The molecule has 41 heavy (non-hydrogen) atoms. The van der Waals surface area contributed by atoms with Crippen molar-refractivity contribution in [1.82, 2.24) is 9.88 Å². The molecule has 1 fully saturated rings. The van der Waals surface area contributed by atoms with Gasteiger partial charge in [-0.1, -0.05) is 69.3 Å². The quantitative estimate of drug-likeness (QED) is 0.234. The number of hydrogen-bond acceptors (Lipinski definition) is 5. The van der Waals surface area contributed by atoms with Crippen LogP contribution in [0.2, 0.25) is 0 Å². The molecular weight excluding hydrogens is 512 g/mol. The van der Waals surface area contributed by atoms with Crippen molar-refractivity contribution in [2.45, 2.75) is 51.7 Å². The third kappa shape index (κ3) is 7.86. The zero-order chi connectivity index (χ0) is 28.7. The summed E-state index contributed by atoms with van der Waals surface area (Å²) in [7, 11) is 0. The highest BCUT2D eigenvalue weighted by molar-refractivity contribution is 6.00. The van der Waals surface area contributed by atoms with Crippen molar-refractivity contribution in [2.24, 2.45) is 0 Å². The number of nitrogens with zero attached hydrogens (tertiary/aromatic N) is 2. The lowest BCUT2D eigenvalue weighted by molar-refractivity contribution is 0.0843. The van der Waals surface area contributed by atoms with Crippen molar-refractivity contribution in [3.05, 3.63) is 108 Å². The monoisotopic (exact) mass is 550 g/mol. The highest BCUT2D eigenvalue weighted by Gasteiger charge is 2.22. The standard InChI is InChI=1S/C34H38N4O3/c1-34(2,3)29-14-7-8-16-31(29)41-32-30(15-9-21-35-32)37-33(39)36-26-17-19-27(20-18-26)40-28-13-10-22-38(24-28)23-25-11-5-4-6-12-25/h4-9,11-12,14-21,28H,10,13,22-24H2,1-3H3,(H2,36,37,39). The zero-order valence-electron chi connectivity index (χ0n) is 24.0. The van der Waals surface area contributed by atoms with E-state index in [0.717, 1.165) is 43.8 Å². The van der Waals surface area contributed by atoms with Gasteiger partial charge in [0.2, 0.25) is 5.88 Å². The van der Waals surface area contributed by atoms with Crippen LogP contribution in [0.4, 0.5) is 16.2 Å². The second-order valence-corrected chi connectivity index (χ2v) is 11.4. The maximum atomic E-state index is 12.9. The van der Waals surface area contributed by atoms with E-state index >= 15 is 0 Å². The van der Waals surface area contributed by atoms with E-state index in [1.54, 1.807) is 18.3 Å². The number of nitrogens with one attached hydrogen (secondary N) is 2. The predicted molar refractivity (Wildman–Crippen MR) is 164 cm³/mol. The fourth-order valence-corrected chi connectivity index (χ4v) is 5.04. The van der Waals surface area contributed by atoms with Crippen LogP contribution in [0.5, 0.6) is 17.4 Å². The molecule has 4 aromatic rings. The summed E-state index contributed by atoms with van der Waals surface area (Å²) in [5.74, 6) is 1.83. The molecular formula is C34H38N4O3. The third-order valence-electron chi connectivity index (χ3n) is 7.05. The highest BCUT2D eigenvalue weighted by Crippen LogP contribution is 2.35. The molecule has 1 unspecified atom stereocenters. The summed E-state index contributed by atoms with van der Waals surface area (Å²) in [6, 6.07) is 29.1. The van der Waals surface area contributed by atoms with E-state index in [2.05, 4.69) is 65.6 Å². The first-order chi connectivity index (χ1) is 19.8. The first-order valence-electron chi connectivity index (χ1n) is 14.2. The van der Waals surface area contributed by atoms with Gasteiger partial charge in [-0.3, -0.25) is 4.90 Å². The number of ether oxygens (including phenoxy) is 2. The van der Waals surface area contributed by atoms with Crippen molar-refractivity contribution in [3.8, 4) is 17.4 Å². The SMILES string of the molecule is CC(C)(C)c1ccccc1Oc1ncccc1NC(=O)Nc1ccc(OC2CCCN(Cc3ccccc3)C2)cc1. The third-order valence-corrected chi connectivity index (χ3v) is 7.05. The summed E-state index contributed by atoms with van der Waals surface area (Å²) in [4.78, 5) is 19.7. The van der Waals surface area contributed by atoms with E-state index in [1.807, 2.05) is 54.6 Å². The number of benzene rings is 3. The van der Waals surface area contributed by atoms with Crippen molar-refractivity contribution >= 4 is 17.4 Å². The van der Waals surface area contributed by atoms with Gasteiger partial charge >= 0.3 is 6.03 Å². The van der Waals surface area contributed by atoms with Crippen LogP contribution in [0.15, 0.2) is 97.2 Å². The average molecular weight is 551 g/mol. The largest absolute Gasteiger partial charge is 0.489 e. The number of piperidine rings is 1. The zero-order valence-corrected chi connectivity index (χ0v) is 24.0. The molecule has 1 saturated heterocycles. The maximum Gasteiger partial charge on any atom is 0.323 e. The Morgan fingerprint density at radius 3 is 2.46 bits per heavy atom. The van der Waals surface area contributed by atoms with Crippen LogP contribution >= 0.6 is 0 Å². The van der Waals surface area contributed by atoms with E-state index in [0.29, 0.717) is 23.0 Å². The predicted octanol–water partition coefficient (Wildman–Crippen LogP) is 7.86. The number of anilines is 2. The van der Waals surface area contributed by atoms with Crippen LogP contribution in [0.25, 0.3) is 0 Å². The van der Waals surface area contributed by atoms with Gasteiger partial charge in [-0.15, -0.1) is 0 Å². The molecule has 2 N–H and O–H groups in total. The van der Waals surface area contributed by atoms with Crippen LogP contribution in [0.3, 0.4) is 0 Å². The number of urea groups is 1. The Kier molecular flexibility index (Phi) is 8.85. The van der Waals surface area contributed by atoms with E-state index < -0.39 is 0 Å². The number of likely N-dealkylation sites (tertiary alicyclic amines) is 1. The number of carbonyl (C=O) groups excluding carboxylic acids is 1. The summed E-state index contributed by atoms with van der Waals surface area (Å²) < 4.78 is 12.5. The fraction of sp³-hybridized carbons (Fsp3) is 0.294. The van der Waals surface area contributed by atoms with Crippen LogP contribution in [-0.2, 0) is 12.0 Å². The van der Waals surface area contributed by atoms with Gasteiger partial charge < -0.3 is 20.1 Å². The Morgan fingerprint density at radius 1 is 0.927 bits per heavy atom. The number of amides is 2. The minimum absolute atomic E-state index is 0.106. The number of pyridine rings is 1. The van der Waals surface area contributed by atoms with Gasteiger partial charge in [0.25, 0.3) is 0 Å². The van der Waals surface area contributed by atoms with Crippen molar-refractivity contribution in [3.63, 3.8) is 0 Å². The summed E-state index contributed by atoms with van der Waals surface area (Å²) in [5.41, 5.74) is 3.41. The highest BCUT2D eigenvalue weighted by atomic mass is 16.5. The summed E-state index contributed by atoms with van der Waals surface area (Å²) >= 11 is 0. The lowest BCUT2D eigenvalue weighted by Crippen LogP contribution is -2.40. The Bertz CT molecular complexity index is 1430. The van der Waals surface area contributed by atoms with Gasteiger partial charge in [0.15, 0.2) is 0 Å². The van der Waals surface area contributed by atoms with Gasteiger partial charge in [0.1, 0.15) is 23.3 Å². The van der Waals surface area contributed by atoms with E-state index in [-0.39, 0.29) is 17.6 Å². The number of aromatic nitrogens is 1. The molecule has 1 aliphatic rings. The molecule has 0 radical (unpaired) electrons. The van der Waals surface area contributed by atoms with Crippen molar-refractivity contribution in [1.29, 1.82) is 0 Å². The van der Waals surface area contributed by atoms with Crippen LogP contribution in [0.1, 0.15) is 44.7 Å². The molecule has 3 aromatic carbocycles. The number of rotatable bonds is 8. The smallest absolute Gasteiger partial charge is 0.323 e. The fourth-order valence-electron chi connectivity index (χ4n) is 5.04. The summed E-state index contributed by atoms with van der Waals surface area (Å²) in [5, 5.41) is 5.75. The molecule has 7 heteroatoms. The molecule has 2 amide bonds. The van der Waals surface area contributed by atoms with Gasteiger partial charge in [-0.25, -0.2) is 9.78 Å². The van der Waals surface area contributed by atoms with Gasteiger partial charge in [0.05, 0.1) is 0 Å². The molecule has 0 aliphatic carbocycles. The lowest BCUT2D eigenvalue weighted by atomic mass is 9.86. The maximum absolute atomic E-state index is 12.9. The van der Waals surface area contributed by atoms with Crippen LogP contribution < -0.4 is 20.1 Å². The second kappa shape index (κ2) is 12.9. The second-order valence-electron chi connectivity index (χ2n) is 11.4. The van der Waals surface area contributed by atoms with Gasteiger partial charge in [-0.2, -0.15) is 0 Å². The number of para-hydroxylation sites is 1. The molecule has 1 aliphatic heterocycles. The average Bonchev–Trinajstić information content (AvgIpc) is 2.96. The molecule has 0 saturated carbocycles. The number of hydrogen-bond donors (Lipinski definition) is 2. The Labute approximate surface area is 242 Å². The van der Waals surface area contributed by atoms with Crippen molar-refractivity contribution < 1.29 is 14.3 Å². The first kappa shape index (κ1) is 28.2. The summed E-state index contributed by atoms with van der Waals surface area (Å²) in [6.45, 7) is 9.31. The van der Waals surface area contributed by atoms with Crippen LogP contribution in [0, 0.1) is 0 Å². The molecule has 7 nitrogen and oxygen atoms in total. The van der Waals surface area contributed by atoms with Gasteiger partial charge in [-0.05, 0) is 72.8 Å². The van der Waals surface area contributed by atoms with Crippen molar-refractivity contribution in [2.75, 3.05) is 23.7 Å². The van der Waals surface area contributed by atoms with E-state index in [4.69, 9.17) is 9.47 Å². The minimum atomic E-state index is -0.385. The molecule has 212 valence electrons. The minimum Gasteiger partial charge on any atom is -0.489 e. The molecule has 1 aromatic heterocycles. The molecule has 1 atom stereocenters. The number of carbonyl (C=O) groups is 1. The first-order valence-corrected chi connectivity index (χ1v) is 14.2. The topological polar surface area (TPSA) is 75.7 Å². The molecule has 5 rings (SSSR count). The Hall–Kier alpha value is -4.36. The van der Waals surface area contributed by atoms with Crippen LogP contribution in [-0.4, -0.2) is 35.1 Å².